The van der Waals surface area contributed by atoms with Crippen molar-refractivity contribution in [2.45, 2.75) is 19.9 Å². The predicted molar refractivity (Wildman–Crippen MR) is 109 cm³/mol. The molecule has 136 valence electrons. The van der Waals surface area contributed by atoms with Crippen LogP contribution in [0.2, 0.25) is 5.02 Å². The lowest BCUT2D eigenvalue weighted by Crippen LogP contribution is -2.23. The first-order valence-electron chi connectivity index (χ1n) is 8.32. The molecule has 4 rings (SSSR count). The molecule has 0 radical (unpaired) electrons. The second-order valence-electron chi connectivity index (χ2n) is 6.14. The smallest absolute Gasteiger partial charge is 0.261 e. The van der Waals surface area contributed by atoms with Crippen LogP contribution in [0.3, 0.4) is 0 Å². The molecule has 6 nitrogen and oxygen atoms in total. The summed E-state index contributed by atoms with van der Waals surface area (Å²) in [6.07, 6.45) is 1.64. The van der Waals surface area contributed by atoms with E-state index in [1.807, 2.05) is 31.2 Å². The molecule has 1 N–H and O–H groups in total. The zero-order valence-corrected chi connectivity index (χ0v) is 16.0. The maximum Gasteiger partial charge on any atom is 0.261 e. The molecule has 0 aliphatic rings. The number of para-hydroxylation sites is 1. The van der Waals surface area contributed by atoms with E-state index in [1.54, 1.807) is 12.1 Å². The van der Waals surface area contributed by atoms with Gasteiger partial charge in [0.15, 0.2) is 5.13 Å². The van der Waals surface area contributed by atoms with Crippen molar-refractivity contribution in [3.8, 4) is 0 Å². The summed E-state index contributed by atoms with van der Waals surface area (Å²) in [4.78, 5) is 33.5. The van der Waals surface area contributed by atoms with E-state index >= 15 is 0 Å². The van der Waals surface area contributed by atoms with E-state index in [0.29, 0.717) is 21.1 Å². The fourth-order valence-electron chi connectivity index (χ4n) is 2.85. The van der Waals surface area contributed by atoms with Crippen molar-refractivity contribution in [2.75, 3.05) is 5.32 Å². The Hall–Kier alpha value is -2.77. The number of fused-ring (bicyclic) bond motifs is 2. The number of rotatable bonds is 4. The van der Waals surface area contributed by atoms with Crippen molar-refractivity contribution >= 4 is 55.1 Å². The molecule has 2 aromatic heterocycles. The Morgan fingerprint density at radius 3 is 3.00 bits per heavy atom. The van der Waals surface area contributed by atoms with Crippen LogP contribution >= 0.6 is 22.9 Å². The van der Waals surface area contributed by atoms with Crippen LogP contribution in [0.15, 0.2) is 47.5 Å². The summed E-state index contributed by atoms with van der Waals surface area (Å²) in [7, 11) is 0. The standard InChI is InChI=1S/C19H15ClN4O2S/c1-11-3-2-4-13-17(11)21-10-24(18(13)26)8-7-16(25)23-19-22-14-6-5-12(20)9-15(14)27-19/h2-6,9-10H,7-8H2,1H3,(H,22,23,25). The zero-order valence-electron chi connectivity index (χ0n) is 14.4. The number of carbonyl (C=O) groups excluding carboxylic acids is 1. The maximum absolute atomic E-state index is 12.6. The van der Waals surface area contributed by atoms with Gasteiger partial charge < -0.3 is 5.32 Å². The van der Waals surface area contributed by atoms with Gasteiger partial charge in [-0.25, -0.2) is 9.97 Å². The Morgan fingerprint density at radius 1 is 1.30 bits per heavy atom. The van der Waals surface area contributed by atoms with Crippen LogP contribution in [-0.4, -0.2) is 20.4 Å². The summed E-state index contributed by atoms with van der Waals surface area (Å²) in [6.45, 7) is 2.16. The van der Waals surface area contributed by atoms with Crippen LogP contribution in [-0.2, 0) is 11.3 Å². The number of halogens is 1. The fraction of sp³-hybridized carbons (Fsp3) is 0.158. The van der Waals surface area contributed by atoms with Gasteiger partial charge in [-0.2, -0.15) is 0 Å². The minimum Gasteiger partial charge on any atom is -0.302 e. The highest BCUT2D eigenvalue weighted by molar-refractivity contribution is 7.22. The van der Waals surface area contributed by atoms with Gasteiger partial charge in [0.25, 0.3) is 5.56 Å². The molecule has 0 saturated heterocycles. The monoisotopic (exact) mass is 398 g/mol. The number of thiazole rings is 1. The van der Waals surface area contributed by atoms with Crippen LogP contribution in [0.1, 0.15) is 12.0 Å². The molecule has 27 heavy (non-hydrogen) atoms. The third kappa shape index (κ3) is 3.56. The summed E-state index contributed by atoms with van der Waals surface area (Å²) in [5.41, 5.74) is 2.28. The van der Waals surface area contributed by atoms with E-state index < -0.39 is 0 Å². The third-order valence-corrected chi connectivity index (χ3v) is 5.40. The van der Waals surface area contributed by atoms with Gasteiger partial charge in [0.2, 0.25) is 5.91 Å². The minimum atomic E-state index is -0.212. The van der Waals surface area contributed by atoms with Gasteiger partial charge in [0, 0.05) is 18.0 Å². The highest BCUT2D eigenvalue weighted by Crippen LogP contribution is 2.28. The van der Waals surface area contributed by atoms with Gasteiger partial charge in [-0.15, -0.1) is 0 Å². The number of benzene rings is 2. The predicted octanol–water partition coefficient (Wildman–Crippen LogP) is 4.00. The largest absolute Gasteiger partial charge is 0.302 e. The van der Waals surface area contributed by atoms with E-state index in [1.165, 1.54) is 22.2 Å². The summed E-state index contributed by atoms with van der Waals surface area (Å²) in [5.74, 6) is -0.212. The van der Waals surface area contributed by atoms with Crippen LogP contribution in [0.25, 0.3) is 21.1 Å². The lowest BCUT2D eigenvalue weighted by Gasteiger charge is -2.07. The SMILES string of the molecule is Cc1cccc2c(=O)n(CCC(=O)Nc3nc4ccc(Cl)cc4s3)cnc12. The molecule has 0 aliphatic heterocycles. The van der Waals surface area contributed by atoms with E-state index in [2.05, 4.69) is 15.3 Å². The number of amides is 1. The number of aryl methyl sites for hydroxylation is 2. The summed E-state index contributed by atoms with van der Waals surface area (Å²) in [6, 6.07) is 10.9. The fourth-order valence-corrected chi connectivity index (χ4v) is 4.01. The first kappa shape index (κ1) is 17.6. The van der Waals surface area contributed by atoms with E-state index in [0.717, 1.165) is 15.8 Å². The average Bonchev–Trinajstić information content (AvgIpc) is 3.03. The number of nitrogens with one attached hydrogen (secondary N) is 1. The van der Waals surface area contributed by atoms with Crippen molar-refractivity contribution in [2.24, 2.45) is 0 Å². The van der Waals surface area contributed by atoms with E-state index in [-0.39, 0.29) is 24.4 Å². The Labute approximate surface area is 163 Å². The highest BCUT2D eigenvalue weighted by Gasteiger charge is 2.10. The first-order chi connectivity index (χ1) is 13.0. The second-order valence-corrected chi connectivity index (χ2v) is 7.61. The second kappa shape index (κ2) is 7.09. The number of aromatic nitrogens is 3. The van der Waals surface area contributed by atoms with Gasteiger partial charge in [-0.1, -0.05) is 35.1 Å². The number of anilines is 1. The van der Waals surface area contributed by atoms with Gasteiger partial charge in [-0.3, -0.25) is 14.2 Å². The Morgan fingerprint density at radius 2 is 2.15 bits per heavy atom. The molecule has 2 aromatic carbocycles. The number of carbonyl (C=O) groups is 1. The molecule has 0 bridgehead atoms. The third-order valence-electron chi connectivity index (χ3n) is 4.23. The zero-order chi connectivity index (χ0) is 19.0. The van der Waals surface area contributed by atoms with Crippen LogP contribution in [0.5, 0.6) is 0 Å². The highest BCUT2D eigenvalue weighted by atomic mass is 35.5. The molecule has 8 heteroatoms. The summed E-state index contributed by atoms with van der Waals surface area (Å²) in [5, 5.41) is 4.47. The molecule has 0 spiro atoms. The Kier molecular flexibility index (Phi) is 4.63. The van der Waals surface area contributed by atoms with Crippen molar-refractivity contribution in [1.82, 2.24) is 14.5 Å². The van der Waals surface area contributed by atoms with Crippen molar-refractivity contribution in [3.63, 3.8) is 0 Å². The molecule has 0 fully saturated rings. The number of hydrogen-bond acceptors (Lipinski definition) is 5. The van der Waals surface area contributed by atoms with Crippen LogP contribution in [0, 0.1) is 6.92 Å². The van der Waals surface area contributed by atoms with Crippen molar-refractivity contribution < 1.29 is 4.79 Å². The Bertz CT molecular complexity index is 1230. The average molecular weight is 399 g/mol. The molecule has 0 aliphatic carbocycles. The number of nitrogens with zero attached hydrogens (tertiary/aromatic N) is 3. The minimum absolute atomic E-state index is 0.147. The maximum atomic E-state index is 12.6. The van der Waals surface area contributed by atoms with Gasteiger partial charge >= 0.3 is 0 Å². The summed E-state index contributed by atoms with van der Waals surface area (Å²) < 4.78 is 2.36. The topological polar surface area (TPSA) is 76.9 Å². The first-order valence-corrected chi connectivity index (χ1v) is 9.51. The Balaban J connectivity index is 1.48. The van der Waals surface area contributed by atoms with E-state index in [9.17, 15) is 9.59 Å². The van der Waals surface area contributed by atoms with Gasteiger partial charge in [-0.05, 0) is 36.8 Å². The molecule has 4 aromatic rings. The quantitative estimate of drug-likeness (QED) is 0.563. The van der Waals surface area contributed by atoms with Gasteiger partial charge in [0.1, 0.15) is 0 Å². The lowest BCUT2D eigenvalue weighted by molar-refractivity contribution is -0.116. The molecule has 2 heterocycles. The van der Waals surface area contributed by atoms with Crippen LogP contribution in [0.4, 0.5) is 5.13 Å². The van der Waals surface area contributed by atoms with E-state index in [4.69, 9.17) is 11.6 Å². The lowest BCUT2D eigenvalue weighted by atomic mass is 10.1. The van der Waals surface area contributed by atoms with Crippen LogP contribution < -0.4 is 10.9 Å². The molecule has 0 unspecified atom stereocenters. The normalized spacial score (nSPS) is 11.2. The number of hydrogen-bond donors (Lipinski definition) is 1. The molecular formula is C19H15ClN4O2S. The van der Waals surface area contributed by atoms with Crippen molar-refractivity contribution in [3.05, 3.63) is 63.7 Å². The van der Waals surface area contributed by atoms with Gasteiger partial charge in [0.05, 0.1) is 27.4 Å². The molecular weight excluding hydrogens is 384 g/mol. The summed E-state index contributed by atoms with van der Waals surface area (Å²) >= 11 is 7.33. The molecule has 1 amide bonds. The molecule has 0 atom stereocenters. The molecule has 0 saturated carbocycles. The van der Waals surface area contributed by atoms with Crippen molar-refractivity contribution in [1.29, 1.82) is 0 Å².